The molecular weight excluding hydrogens is 148 g/mol. The molecular formula is C5H12ClF2N. The first-order valence-electron chi connectivity index (χ1n) is 2.61. The van der Waals surface area contributed by atoms with Crippen LogP contribution in [0.5, 0.6) is 0 Å². The Labute approximate surface area is 60.4 Å². The molecule has 58 valence electrons. The summed E-state index contributed by atoms with van der Waals surface area (Å²) in [6, 6.07) is 0. The van der Waals surface area contributed by atoms with Crippen LogP contribution >= 0.6 is 12.4 Å². The van der Waals surface area contributed by atoms with Gasteiger partial charge in [-0.1, -0.05) is 0 Å². The normalized spacial score (nSPS) is 9.33. The van der Waals surface area contributed by atoms with Crippen LogP contribution in [0.15, 0.2) is 0 Å². The van der Waals surface area contributed by atoms with Gasteiger partial charge in [-0.25, -0.2) is 8.78 Å². The van der Waals surface area contributed by atoms with E-state index < -0.39 is 13.3 Å². The number of hydrogen-bond donors (Lipinski definition) is 0. The highest BCUT2D eigenvalue weighted by molar-refractivity contribution is 5.85. The van der Waals surface area contributed by atoms with Crippen LogP contribution in [0.25, 0.3) is 0 Å². The van der Waals surface area contributed by atoms with Crippen molar-refractivity contribution >= 4 is 12.4 Å². The quantitative estimate of drug-likeness (QED) is 0.598. The molecule has 0 N–H and O–H groups in total. The Balaban J connectivity index is 0. The number of nitrogens with zero attached hydrogens (tertiary/aromatic N) is 1. The third-order valence-electron chi connectivity index (χ3n) is 0.932. The smallest absolute Gasteiger partial charge is 0.102 e. The molecule has 0 aromatic rings. The van der Waals surface area contributed by atoms with Crippen molar-refractivity contribution < 1.29 is 8.78 Å². The maximum Gasteiger partial charge on any atom is 0.102 e. The van der Waals surface area contributed by atoms with Crippen molar-refractivity contribution in [3.05, 3.63) is 0 Å². The van der Waals surface area contributed by atoms with E-state index >= 15 is 0 Å². The van der Waals surface area contributed by atoms with Crippen LogP contribution in [-0.2, 0) is 0 Å². The fourth-order valence-corrected chi connectivity index (χ4v) is 0.400. The fraction of sp³-hybridized carbons (Fsp3) is 1.00. The van der Waals surface area contributed by atoms with Crippen LogP contribution in [0.2, 0.25) is 0 Å². The Hall–Kier alpha value is 0.110. The van der Waals surface area contributed by atoms with E-state index in [9.17, 15) is 8.78 Å². The predicted molar refractivity (Wildman–Crippen MR) is 36.7 cm³/mol. The summed E-state index contributed by atoms with van der Waals surface area (Å²) in [6.45, 7) is -0.110. The topological polar surface area (TPSA) is 3.24 Å². The minimum atomic E-state index is -0.392. The van der Waals surface area contributed by atoms with Crippen molar-refractivity contribution in [2.45, 2.75) is 0 Å². The van der Waals surface area contributed by atoms with Gasteiger partial charge in [0.25, 0.3) is 0 Å². The fourth-order valence-electron chi connectivity index (χ4n) is 0.400. The van der Waals surface area contributed by atoms with Crippen molar-refractivity contribution in [2.75, 3.05) is 33.5 Å². The SMILES string of the molecule is CN(CCF)CCF.Cl. The Morgan fingerprint density at radius 3 is 1.67 bits per heavy atom. The largest absolute Gasteiger partial charge is 0.301 e. The molecule has 0 aromatic heterocycles. The first-order chi connectivity index (χ1) is 3.81. The summed E-state index contributed by atoms with van der Waals surface area (Å²) in [5.74, 6) is 0. The van der Waals surface area contributed by atoms with Gasteiger partial charge in [0.1, 0.15) is 13.3 Å². The summed E-state index contributed by atoms with van der Waals surface area (Å²) in [5.41, 5.74) is 0. The number of alkyl halides is 2. The highest BCUT2D eigenvalue weighted by Crippen LogP contribution is 1.81. The molecule has 0 unspecified atom stereocenters. The Morgan fingerprint density at radius 2 is 1.44 bits per heavy atom. The molecule has 0 atom stereocenters. The Morgan fingerprint density at radius 1 is 1.11 bits per heavy atom. The third-order valence-corrected chi connectivity index (χ3v) is 0.932. The highest BCUT2D eigenvalue weighted by atomic mass is 35.5. The van der Waals surface area contributed by atoms with Crippen molar-refractivity contribution in [2.24, 2.45) is 0 Å². The van der Waals surface area contributed by atoms with E-state index in [1.165, 1.54) is 0 Å². The second-order valence-electron chi connectivity index (χ2n) is 1.68. The lowest BCUT2D eigenvalue weighted by Crippen LogP contribution is -2.23. The second-order valence-corrected chi connectivity index (χ2v) is 1.68. The molecule has 0 saturated carbocycles. The monoisotopic (exact) mass is 159 g/mol. The van der Waals surface area contributed by atoms with E-state index in [-0.39, 0.29) is 12.4 Å². The minimum absolute atomic E-state index is 0. The average molecular weight is 160 g/mol. The predicted octanol–water partition coefficient (Wildman–Crippen LogP) is 1.28. The van der Waals surface area contributed by atoms with Gasteiger partial charge in [-0.2, -0.15) is 0 Å². The summed E-state index contributed by atoms with van der Waals surface area (Å²) in [4.78, 5) is 1.61. The van der Waals surface area contributed by atoms with Gasteiger partial charge in [0.2, 0.25) is 0 Å². The van der Waals surface area contributed by atoms with E-state index in [2.05, 4.69) is 0 Å². The van der Waals surface area contributed by atoms with Crippen molar-refractivity contribution in [1.82, 2.24) is 4.90 Å². The molecule has 1 nitrogen and oxygen atoms in total. The lowest BCUT2D eigenvalue weighted by Gasteiger charge is -2.10. The van der Waals surface area contributed by atoms with Crippen LogP contribution in [0.4, 0.5) is 8.78 Å². The molecule has 0 rings (SSSR count). The van der Waals surface area contributed by atoms with Gasteiger partial charge in [-0.15, -0.1) is 12.4 Å². The van der Waals surface area contributed by atoms with Gasteiger partial charge < -0.3 is 4.90 Å². The van der Waals surface area contributed by atoms with E-state index in [0.29, 0.717) is 13.1 Å². The lowest BCUT2D eigenvalue weighted by molar-refractivity contribution is 0.269. The van der Waals surface area contributed by atoms with Gasteiger partial charge >= 0.3 is 0 Å². The molecule has 0 radical (unpaired) electrons. The Bertz CT molecular complexity index is 48.2. The van der Waals surface area contributed by atoms with E-state index in [1.807, 2.05) is 0 Å². The molecule has 4 heteroatoms. The van der Waals surface area contributed by atoms with Crippen molar-refractivity contribution in [1.29, 1.82) is 0 Å². The first-order valence-corrected chi connectivity index (χ1v) is 2.61. The summed E-state index contributed by atoms with van der Waals surface area (Å²) in [5, 5.41) is 0. The Kier molecular flexibility index (Phi) is 10.7. The molecule has 0 aromatic carbocycles. The molecule has 0 aliphatic heterocycles. The molecule has 0 bridgehead atoms. The summed E-state index contributed by atoms with van der Waals surface area (Å²) >= 11 is 0. The molecule has 0 fully saturated rings. The maximum atomic E-state index is 11.4. The third kappa shape index (κ3) is 8.11. The number of halogens is 3. The maximum absolute atomic E-state index is 11.4. The van der Waals surface area contributed by atoms with Gasteiger partial charge in [0.05, 0.1) is 0 Å². The van der Waals surface area contributed by atoms with Gasteiger partial charge in [0, 0.05) is 13.1 Å². The lowest BCUT2D eigenvalue weighted by atomic mass is 10.5. The summed E-state index contributed by atoms with van der Waals surface area (Å²) < 4.78 is 22.8. The summed E-state index contributed by atoms with van der Waals surface area (Å²) in [6.07, 6.45) is 0. The molecule has 9 heavy (non-hydrogen) atoms. The zero-order valence-corrected chi connectivity index (χ0v) is 6.26. The molecule has 0 aliphatic carbocycles. The van der Waals surface area contributed by atoms with Crippen molar-refractivity contribution in [3.8, 4) is 0 Å². The molecule has 0 aliphatic rings. The molecule has 0 amide bonds. The zero-order chi connectivity index (χ0) is 6.41. The highest BCUT2D eigenvalue weighted by Gasteiger charge is 1.93. The average Bonchev–Trinajstić information content (AvgIpc) is 1.68. The van der Waals surface area contributed by atoms with E-state index in [0.717, 1.165) is 0 Å². The zero-order valence-electron chi connectivity index (χ0n) is 5.44. The van der Waals surface area contributed by atoms with E-state index in [1.54, 1.807) is 11.9 Å². The second kappa shape index (κ2) is 8.11. The van der Waals surface area contributed by atoms with Crippen LogP contribution < -0.4 is 0 Å². The standard InChI is InChI=1S/C5H11F2N.ClH/c1-8(4-2-6)5-3-7;/h2-5H2,1H3;1H. The van der Waals surface area contributed by atoms with Crippen LogP contribution in [0, 0.1) is 0 Å². The molecule has 0 saturated heterocycles. The van der Waals surface area contributed by atoms with Crippen molar-refractivity contribution in [3.63, 3.8) is 0 Å². The van der Waals surface area contributed by atoms with Crippen LogP contribution in [0.3, 0.4) is 0 Å². The number of hydrogen-bond acceptors (Lipinski definition) is 1. The van der Waals surface area contributed by atoms with Gasteiger partial charge in [0.15, 0.2) is 0 Å². The minimum Gasteiger partial charge on any atom is -0.301 e. The van der Waals surface area contributed by atoms with Gasteiger partial charge in [-0.05, 0) is 7.05 Å². The first kappa shape index (κ1) is 11.9. The number of rotatable bonds is 4. The summed E-state index contributed by atoms with van der Waals surface area (Å²) in [7, 11) is 1.69. The van der Waals surface area contributed by atoms with E-state index in [4.69, 9.17) is 0 Å². The van der Waals surface area contributed by atoms with Gasteiger partial charge in [-0.3, -0.25) is 0 Å². The molecule has 0 heterocycles. The van der Waals surface area contributed by atoms with Crippen LogP contribution in [0.1, 0.15) is 0 Å². The van der Waals surface area contributed by atoms with Crippen LogP contribution in [-0.4, -0.2) is 38.4 Å². The molecule has 0 spiro atoms.